The van der Waals surface area contributed by atoms with E-state index < -0.39 is 35.2 Å². The van der Waals surface area contributed by atoms with Crippen molar-refractivity contribution in [3.05, 3.63) is 92.6 Å². The number of aromatic nitrogens is 4. The molecule has 2 aromatic heterocycles. The van der Waals surface area contributed by atoms with E-state index in [1.807, 2.05) is 0 Å². The van der Waals surface area contributed by atoms with Gasteiger partial charge in [-0.3, -0.25) is 14.3 Å². The van der Waals surface area contributed by atoms with Gasteiger partial charge in [0.05, 0.1) is 51.4 Å². The Morgan fingerprint density at radius 2 is 1.85 bits per heavy atom. The molecule has 1 amide bonds. The SMILES string of the molecule is Cn1ncc2c1CN(C(=O)C1CCc3c(-c4ccc(C(=O)O)cc4F)nn(C(=O)c4c(Cl)cccc4C4(C(F)(F)F)CC4)c3C1)C2. The molecule has 9 nitrogen and oxygen atoms in total. The molecule has 1 unspecified atom stereocenters. The van der Waals surface area contributed by atoms with Gasteiger partial charge in [0.25, 0.3) is 5.91 Å². The summed E-state index contributed by atoms with van der Waals surface area (Å²) in [7, 11) is 1.79. The molecule has 14 heteroatoms. The quantitative estimate of drug-likeness (QED) is 0.276. The number of aryl methyl sites for hydroxylation is 1. The van der Waals surface area contributed by atoms with Gasteiger partial charge in [-0.1, -0.05) is 23.7 Å². The van der Waals surface area contributed by atoms with Crippen LogP contribution in [0.5, 0.6) is 0 Å². The van der Waals surface area contributed by atoms with Crippen LogP contribution in [0.4, 0.5) is 17.6 Å². The van der Waals surface area contributed by atoms with Crippen molar-refractivity contribution < 1.29 is 37.1 Å². The molecule has 238 valence electrons. The number of carbonyl (C=O) groups excluding carboxylic acids is 2. The van der Waals surface area contributed by atoms with E-state index in [1.165, 1.54) is 30.3 Å². The zero-order valence-corrected chi connectivity index (χ0v) is 25.1. The molecule has 2 aromatic carbocycles. The first kappa shape index (κ1) is 30.2. The fourth-order valence-corrected chi connectivity index (χ4v) is 7.08. The summed E-state index contributed by atoms with van der Waals surface area (Å²) in [6.45, 7) is 0.736. The number of carbonyl (C=O) groups is 3. The second-order valence-electron chi connectivity index (χ2n) is 12.1. The Bertz CT molecular complexity index is 1960. The van der Waals surface area contributed by atoms with Crippen molar-refractivity contribution in [3.63, 3.8) is 0 Å². The molecule has 3 heterocycles. The van der Waals surface area contributed by atoms with Crippen LogP contribution in [-0.2, 0) is 43.2 Å². The number of fused-ring (bicyclic) bond motifs is 2. The molecule has 0 bridgehead atoms. The zero-order chi connectivity index (χ0) is 32.7. The first-order valence-corrected chi connectivity index (χ1v) is 15.0. The van der Waals surface area contributed by atoms with Crippen molar-refractivity contribution in [1.82, 2.24) is 24.5 Å². The molecule has 46 heavy (non-hydrogen) atoms. The summed E-state index contributed by atoms with van der Waals surface area (Å²) in [5.41, 5.74) is -0.581. The number of hydrogen-bond donors (Lipinski definition) is 1. The lowest BCUT2D eigenvalue weighted by Gasteiger charge is -2.27. The van der Waals surface area contributed by atoms with E-state index in [2.05, 4.69) is 10.2 Å². The van der Waals surface area contributed by atoms with Gasteiger partial charge >= 0.3 is 12.1 Å². The van der Waals surface area contributed by atoms with Crippen LogP contribution in [-0.4, -0.2) is 53.5 Å². The summed E-state index contributed by atoms with van der Waals surface area (Å²) in [6, 6.07) is 7.22. The number of carboxylic acids is 1. The topological polar surface area (TPSA) is 110 Å². The number of carboxylic acid groups (broad SMARTS) is 1. The molecular formula is C32H26ClF4N5O4. The fraction of sp³-hybridized carbons (Fsp3) is 0.344. The van der Waals surface area contributed by atoms with Crippen molar-refractivity contribution in [2.24, 2.45) is 13.0 Å². The summed E-state index contributed by atoms with van der Waals surface area (Å²) in [4.78, 5) is 41.2. The Labute approximate surface area is 264 Å². The lowest BCUT2D eigenvalue weighted by molar-refractivity contribution is -0.160. The Kier molecular flexibility index (Phi) is 6.89. The predicted octanol–water partition coefficient (Wildman–Crippen LogP) is 5.70. The average molecular weight is 656 g/mol. The molecule has 0 radical (unpaired) electrons. The minimum Gasteiger partial charge on any atom is -0.478 e. The summed E-state index contributed by atoms with van der Waals surface area (Å²) in [6.07, 6.45) is -2.73. The number of benzene rings is 2. The Morgan fingerprint density at radius 3 is 2.50 bits per heavy atom. The fourth-order valence-electron chi connectivity index (χ4n) is 6.82. The second kappa shape index (κ2) is 10.5. The number of alkyl halides is 3. The van der Waals surface area contributed by atoms with E-state index in [9.17, 15) is 32.7 Å². The van der Waals surface area contributed by atoms with E-state index in [-0.39, 0.29) is 70.3 Å². The third-order valence-corrected chi connectivity index (χ3v) is 9.80. The molecule has 1 fully saturated rings. The molecule has 3 aliphatic rings. The molecule has 1 saturated carbocycles. The van der Waals surface area contributed by atoms with Gasteiger partial charge in [-0.2, -0.15) is 28.1 Å². The van der Waals surface area contributed by atoms with Crippen LogP contribution in [0.15, 0.2) is 42.6 Å². The van der Waals surface area contributed by atoms with Crippen molar-refractivity contribution in [2.75, 3.05) is 0 Å². The van der Waals surface area contributed by atoms with Crippen LogP contribution in [0, 0.1) is 11.7 Å². The maximum absolute atomic E-state index is 15.4. The first-order chi connectivity index (χ1) is 21.8. The number of nitrogens with zero attached hydrogens (tertiary/aromatic N) is 5. The Balaban J connectivity index is 1.32. The number of rotatable bonds is 5. The van der Waals surface area contributed by atoms with Gasteiger partial charge in [0.15, 0.2) is 0 Å². The van der Waals surface area contributed by atoms with E-state index in [0.717, 1.165) is 22.0 Å². The van der Waals surface area contributed by atoms with Gasteiger partial charge in [-0.25, -0.2) is 9.18 Å². The summed E-state index contributed by atoms with van der Waals surface area (Å²) in [5, 5.41) is 17.8. The van der Waals surface area contributed by atoms with E-state index in [1.54, 1.807) is 22.8 Å². The van der Waals surface area contributed by atoms with Crippen molar-refractivity contribution in [1.29, 1.82) is 0 Å². The number of hydrogen-bond acceptors (Lipinski definition) is 5. The zero-order valence-electron chi connectivity index (χ0n) is 24.4. The van der Waals surface area contributed by atoms with Gasteiger partial charge in [-0.05, 0) is 55.5 Å². The Morgan fingerprint density at radius 1 is 1.09 bits per heavy atom. The van der Waals surface area contributed by atoms with Gasteiger partial charge in [-0.15, -0.1) is 0 Å². The molecular weight excluding hydrogens is 630 g/mol. The molecule has 1 N–H and O–H groups in total. The van der Waals surface area contributed by atoms with Gasteiger partial charge < -0.3 is 10.0 Å². The van der Waals surface area contributed by atoms with Crippen LogP contribution in [0.3, 0.4) is 0 Å². The molecule has 7 rings (SSSR count). The first-order valence-electron chi connectivity index (χ1n) is 14.6. The van der Waals surface area contributed by atoms with Crippen molar-refractivity contribution in [2.45, 2.75) is 56.8 Å². The van der Waals surface area contributed by atoms with Crippen molar-refractivity contribution >= 4 is 29.4 Å². The van der Waals surface area contributed by atoms with E-state index in [0.29, 0.717) is 25.1 Å². The minimum absolute atomic E-state index is 0.0248. The number of halogens is 5. The third kappa shape index (κ3) is 4.62. The maximum atomic E-state index is 15.4. The van der Waals surface area contributed by atoms with Crippen LogP contribution in [0.2, 0.25) is 5.02 Å². The summed E-state index contributed by atoms with van der Waals surface area (Å²) in [5.74, 6) is -3.89. The highest BCUT2D eigenvalue weighted by molar-refractivity contribution is 6.34. The predicted molar refractivity (Wildman–Crippen MR) is 156 cm³/mol. The average Bonchev–Trinajstić information content (AvgIpc) is 3.44. The van der Waals surface area contributed by atoms with Gasteiger partial charge in [0.1, 0.15) is 5.82 Å². The van der Waals surface area contributed by atoms with E-state index in [4.69, 9.17) is 11.6 Å². The lowest BCUT2D eigenvalue weighted by atomic mass is 9.84. The van der Waals surface area contributed by atoms with Gasteiger partial charge in [0, 0.05) is 42.6 Å². The smallest absolute Gasteiger partial charge is 0.398 e. The number of amides is 1. The highest BCUT2D eigenvalue weighted by Gasteiger charge is 2.65. The van der Waals surface area contributed by atoms with Crippen LogP contribution in [0.25, 0.3) is 11.3 Å². The monoisotopic (exact) mass is 655 g/mol. The van der Waals surface area contributed by atoms with E-state index >= 15 is 4.39 Å². The van der Waals surface area contributed by atoms with Crippen LogP contribution in [0.1, 0.15) is 68.1 Å². The highest BCUT2D eigenvalue weighted by atomic mass is 35.5. The van der Waals surface area contributed by atoms with Crippen LogP contribution >= 0.6 is 11.6 Å². The summed E-state index contributed by atoms with van der Waals surface area (Å²) < 4.78 is 60.8. The molecule has 0 spiro atoms. The Hall–Kier alpha value is -4.52. The maximum Gasteiger partial charge on any atom is 0.398 e. The lowest BCUT2D eigenvalue weighted by Crippen LogP contribution is -2.36. The highest BCUT2D eigenvalue weighted by Crippen LogP contribution is 2.60. The van der Waals surface area contributed by atoms with Gasteiger partial charge in [0.2, 0.25) is 5.91 Å². The molecule has 0 saturated heterocycles. The largest absolute Gasteiger partial charge is 0.478 e. The minimum atomic E-state index is -4.63. The number of aromatic carboxylic acids is 1. The summed E-state index contributed by atoms with van der Waals surface area (Å²) >= 11 is 6.44. The van der Waals surface area contributed by atoms with Crippen molar-refractivity contribution in [3.8, 4) is 11.3 Å². The molecule has 2 aliphatic carbocycles. The normalized spacial score (nSPS) is 18.3. The molecule has 1 aliphatic heterocycles. The molecule has 1 atom stereocenters. The van der Waals surface area contributed by atoms with Crippen LogP contribution < -0.4 is 0 Å². The standard InChI is InChI=1S/C32H26ClF4N5O4/c1-40-25-15-41(14-18(25)13-38-40)28(43)16-5-8-20-24(12-16)42(39-27(20)19-7-6-17(30(45)46)11-23(19)34)29(44)26-21(3-2-4-22(26)33)31(9-10-31)32(35,36)37/h2-4,6-7,11,13,16H,5,8-10,12,14-15H2,1H3,(H,45,46). The second-order valence-corrected chi connectivity index (χ2v) is 12.5. The third-order valence-electron chi connectivity index (χ3n) is 9.48. The molecule has 4 aromatic rings.